The average molecular weight is 292 g/mol. The van der Waals surface area contributed by atoms with Gasteiger partial charge in [0.25, 0.3) is 0 Å². The van der Waals surface area contributed by atoms with Gasteiger partial charge in [-0.05, 0) is 53.6 Å². The fraction of sp³-hybridized carbons (Fsp3) is 0.455. The van der Waals surface area contributed by atoms with Crippen LogP contribution < -0.4 is 0 Å². The van der Waals surface area contributed by atoms with Crippen LogP contribution in [-0.4, -0.2) is 0 Å². The van der Waals surface area contributed by atoms with Gasteiger partial charge in [-0.3, -0.25) is 0 Å². The molecule has 0 radical (unpaired) electrons. The van der Waals surface area contributed by atoms with Crippen LogP contribution in [0.5, 0.6) is 0 Å². The fourth-order valence-electron chi connectivity index (χ4n) is 4.39. The monoisotopic (exact) mass is 292 g/mol. The third-order valence-corrected chi connectivity index (χ3v) is 5.77. The Bertz CT molecular complexity index is 584. The normalized spacial score (nSPS) is 28.7. The molecule has 3 rings (SSSR count). The molecular weight excluding hydrogens is 264 g/mol. The van der Waals surface area contributed by atoms with Crippen LogP contribution in [0.25, 0.3) is 0 Å². The molecule has 116 valence electrons. The van der Waals surface area contributed by atoms with Crippen LogP contribution in [0.1, 0.15) is 57.1 Å². The Morgan fingerprint density at radius 3 is 2.09 bits per heavy atom. The largest absolute Gasteiger partial charge is 0.0625 e. The van der Waals surface area contributed by atoms with E-state index in [9.17, 15) is 0 Å². The van der Waals surface area contributed by atoms with Crippen LogP contribution in [0.2, 0.25) is 0 Å². The molecule has 3 atom stereocenters. The first-order valence-corrected chi connectivity index (χ1v) is 8.71. The lowest BCUT2D eigenvalue weighted by molar-refractivity contribution is 0.171. The van der Waals surface area contributed by atoms with Crippen molar-refractivity contribution in [2.24, 2.45) is 11.8 Å². The zero-order valence-corrected chi connectivity index (χ0v) is 14.1. The molecule has 0 saturated heterocycles. The van der Waals surface area contributed by atoms with E-state index in [2.05, 4.69) is 81.4 Å². The average Bonchev–Trinajstić information content (AvgIpc) is 2.56. The van der Waals surface area contributed by atoms with Crippen molar-refractivity contribution in [1.29, 1.82) is 0 Å². The van der Waals surface area contributed by atoms with Gasteiger partial charge in [-0.1, -0.05) is 81.4 Å². The zero-order valence-electron chi connectivity index (χ0n) is 14.1. The molecule has 0 nitrogen and oxygen atoms in total. The number of hydrogen-bond donors (Lipinski definition) is 0. The maximum Gasteiger partial charge on any atom is -0.00692 e. The molecule has 0 spiro atoms. The summed E-state index contributed by atoms with van der Waals surface area (Å²) in [6.07, 6.45) is 3.91. The number of benzene rings is 2. The molecule has 0 N–H and O–H groups in total. The molecule has 2 aromatic carbocycles. The van der Waals surface area contributed by atoms with Crippen LogP contribution in [0, 0.1) is 11.8 Å². The zero-order chi connectivity index (χ0) is 15.6. The molecule has 1 aliphatic carbocycles. The molecule has 0 aromatic heterocycles. The maximum absolute atomic E-state index is 2.47. The maximum atomic E-state index is 2.47. The van der Waals surface area contributed by atoms with Gasteiger partial charge in [-0.2, -0.15) is 0 Å². The Kier molecular flexibility index (Phi) is 4.38. The van der Waals surface area contributed by atoms with Crippen LogP contribution in [0.4, 0.5) is 0 Å². The SMILES string of the molecule is CC(C)C1CCC(C)(c2ccccc2)CC1c1ccccc1. The van der Waals surface area contributed by atoms with Crippen LogP contribution in [0.15, 0.2) is 60.7 Å². The minimum Gasteiger partial charge on any atom is -0.0625 e. The van der Waals surface area contributed by atoms with E-state index in [1.54, 1.807) is 0 Å². The van der Waals surface area contributed by atoms with Crippen molar-refractivity contribution < 1.29 is 0 Å². The second-order valence-electron chi connectivity index (χ2n) is 7.59. The first-order chi connectivity index (χ1) is 10.6. The Morgan fingerprint density at radius 1 is 0.909 bits per heavy atom. The molecule has 0 bridgehead atoms. The van der Waals surface area contributed by atoms with E-state index < -0.39 is 0 Å². The lowest BCUT2D eigenvalue weighted by Gasteiger charge is -2.45. The summed E-state index contributed by atoms with van der Waals surface area (Å²) in [5.41, 5.74) is 3.36. The Labute approximate surface area is 135 Å². The van der Waals surface area contributed by atoms with Gasteiger partial charge in [-0.15, -0.1) is 0 Å². The molecule has 1 fully saturated rings. The van der Waals surface area contributed by atoms with Gasteiger partial charge in [-0.25, -0.2) is 0 Å². The van der Waals surface area contributed by atoms with Gasteiger partial charge in [0.1, 0.15) is 0 Å². The second-order valence-corrected chi connectivity index (χ2v) is 7.59. The highest BCUT2D eigenvalue weighted by Crippen LogP contribution is 2.50. The minimum atomic E-state index is 0.313. The van der Waals surface area contributed by atoms with Crippen molar-refractivity contribution >= 4 is 0 Å². The molecule has 2 aromatic rings. The van der Waals surface area contributed by atoms with Gasteiger partial charge in [0, 0.05) is 0 Å². The highest BCUT2D eigenvalue weighted by molar-refractivity contribution is 5.29. The quantitative estimate of drug-likeness (QED) is 0.633. The highest BCUT2D eigenvalue weighted by Gasteiger charge is 2.40. The molecule has 0 heterocycles. The molecule has 1 saturated carbocycles. The summed E-state index contributed by atoms with van der Waals surface area (Å²) in [6, 6.07) is 22.3. The summed E-state index contributed by atoms with van der Waals surface area (Å²) in [7, 11) is 0. The molecule has 0 heteroatoms. The lowest BCUT2D eigenvalue weighted by Crippen LogP contribution is -2.35. The standard InChI is InChI=1S/C22H28/c1-17(2)20-14-15-22(3,19-12-8-5-9-13-19)16-21(20)18-10-6-4-7-11-18/h4-13,17,20-21H,14-16H2,1-3H3. The molecular formula is C22H28. The molecule has 3 unspecified atom stereocenters. The van der Waals surface area contributed by atoms with Crippen molar-refractivity contribution in [1.82, 2.24) is 0 Å². The topological polar surface area (TPSA) is 0 Å². The van der Waals surface area contributed by atoms with Crippen LogP contribution in [-0.2, 0) is 5.41 Å². The van der Waals surface area contributed by atoms with Crippen molar-refractivity contribution in [3.05, 3.63) is 71.8 Å². The van der Waals surface area contributed by atoms with Gasteiger partial charge in [0.15, 0.2) is 0 Å². The third kappa shape index (κ3) is 2.97. The van der Waals surface area contributed by atoms with E-state index in [0.717, 1.165) is 11.8 Å². The van der Waals surface area contributed by atoms with Gasteiger partial charge >= 0.3 is 0 Å². The van der Waals surface area contributed by atoms with Crippen molar-refractivity contribution in [2.45, 2.75) is 51.4 Å². The summed E-state index contributed by atoms with van der Waals surface area (Å²) in [4.78, 5) is 0. The lowest BCUT2D eigenvalue weighted by atomic mass is 9.59. The molecule has 1 aliphatic rings. The summed E-state index contributed by atoms with van der Waals surface area (Å²) >= 11 is 0. The Balaban J connectivity index is 1.93. The first-order valence-electron chi connectivity index (χ1n) is 8.71. The number of hydrogen-bond acceptors (Lipinski definition) is 0. The summed E-state index contributed by atoms with van der Waals surface area (Å²) < 4.78 is 0. The van der Waals surface area contributed by atoms with E-state index in [4.69, 9.17) is 0 Å². The van der Waals surface area contributed by atoms with Crippen molar-refractivity contribution in [3.63, 3.8) is 0 Å². The van der Waals surface area contributed by atoms with Gasteiger partial charge in [0.05, 0.1) is 0 Å². The predicted octanol–water partition coefficient (Wildman–Crippen LogP) is 6.18. The van der Waals surface area contributed by atoms with Gasteiger partial charge in [0.2, 0.25) is 0 Å². The first kappa shape index (κ1) is 15.3. The molecule has 0 aliphatic heterocycles. The summed E-state index contributed by atoms with van der Waals surface area (Å²) in [5.74, 6) is 2.24. The van der Waals surface area contributed by atoms with E-state index in [1.165, 1.54) is 30.4 Å². The molecule has 22 heavy (non-hydrogen) atoms. The highest BCUT2D eigenvalue weighted by atomic mass is 14.4. The van der Waals surface area contributed by atoms with E-state index in [0.29, 0.717) is 11.3 Å². The van der Waals surface area contributed by atoms with E-state index >= 15 is 0 Å². The van der Waals surface area contributed by atoms with Crippen molar-refractivity contribution in [2.75, 3.05) is 0 Å². The Morgan fingerprint density at radius 2 is 1.50 bits per heavy atom. The number of rotatable bonds is 3. The Hall–Kier alpha value is -1.56. The summed E-state index contributed by atoms with van der Waals surface area (Å²) in [6.45, 7) is 7.26. The predicted molar refractivity (Wildman–Crippen MR) is 95.2 cm³/mol. The minimum absolute atomic E-state index is 0.313. The van der Waals surface area contributed by atoms with Crippen LogP contribution >= 0.6 is 0 Å². The van der Waals surface area contributed by atoms with E-state index in [1.807, 2.05) is 0 Å². The fourth-order valence-corrected chi connectivity index (χ4v) is 4.39. The second kappa shape index (κ2) is 6.28. The van der Waals surface area contributed by atoms with Gasteiger partial charge < -0.3 is 0 Å². The van der Waals surface area contributed by atoms with Crippen molar-refractivity contribution in [3.8, 4) is 0 Å². The summed E-state index contributed by atoms with van der Waals surface area (Å²) in [5, 5.41) is 0. The van der Waals surface area contributed by atoms with Crippen LogP contribution in [0.3, 0.4) is 0 Å². The smallest absolute Gasteiger partial charge is 0.00692 e. The van der Waals surface area contributed by atoms with E-state index in [-0.39, 0.29) is 0 Å². The third-order valence-electron chi connectivity index (χ3n) is 5.77. The molecule has 0 amide bonds.